The van der Waals surface area contributed by atoms with Gasteiger partial charge in [0.1, 0.15) is 0 Å². The molecule has 0 radical (unpaired) electrons. The van der Waals surface area contributed by atoms with Crippen LogP contribution < -0.4 is 15.1 Å². The van der Waals surface area contributed by atoms with Gasteiger partial charge in [-0.25, -0.2) is 0 Å². The van der Waals surface area contributed by atoms with E-state index in [1.807, 2.05) is 0 Å². The lowest BCUT2D eigenvalue weighted by molar-refractivity contribution is -0.811. The highest BCUT2D eigenvalue weighted by Gasteiger charge is 2.25. The number of aliphatic hydroxyl groups excluding tert-OH is 1. The van der Waals surface area contributed by atoms with E-state index in [9.17, 15) is 15.5 Å². The molecule has 10 heteroatoms. The standard InChI is InChI=1S/C8H11N5O5/c1-4-6(12(15)17-10-4)3-9-8(14)7-5(2)11-18-13(7)16/h8-9,14H,3H2,1-2H3. The zero-order chi connectivity index (χ0) is 13.3. The van der Waals surface area contributed by atoms with Crippen LogP contribution in [0.4, 0.5) is 0 Å². The van der Waals surface area contributed by atoms with Gasteiger partial charge in [-0.05, 0) is 9.81 Å². The Bertz CT molecular complexity index is 511. The van der Waals surface area contributed by atoms with Gasteiger partial charge in [-0.2, -0.15) is 0 Å². The van der Waals surface area contributed by atoms with E-state index in [0.29, 0.717) is 5.69 Å². The van der Waals surface area contributed by atoms with Gasteiger partial charge in [0.2, 0.25) is 22.8 Å². The first-order valence-electron chi connectivity index (χ1n) is 5.03. The first kappa shape index (κ1) is 12.3. The van der Waals surface area contributed by atoms with Crippen molar-refractivity contribution in [1.82, 2.24) is 15.6 Å². The predicted octanol–water partition coefficient (Wildman–Crippen LogP) is -1.67. The number of aryl methyl sites for hydroxylation is 2. The lowest BCUT2D eigenvalue weighted by Crippen LogP contribution is -2.38. The molecule has 2 aromatic heterocycles. The molecule has 2 aromatic rings. The lowest BCUT2D eigenvalue weighted by Gasteiger charge is -2.08. The first-order valence-corrected chi connectivity index (χ1v) is 5.03. The molecular weight excluding hydrogens is 246 g/mol. The van der Waals surface area contributed by atoms with Gasteiger partial charge < -0.3 is 15.5 Å². The van der Waals surface area contributed by atoms with Gasteiger partial charge in [-0.1, -0.05) is 0 Å². The summed E-state index contributed by atoms with van der Waals surface area (Å²) in [5.74, 6) is 0. The molecule has 0 bridgehead atoms. The molecule has 0 aromatic carbocycles. The predicted molar refractivity (Wildman–Crippen MR) is 52.2 cm³/mol. The normalized spacial score (nSPS) is 12.8. The Morgan fingerprint density at radius 2 is 1.83 bits per heavy atom. The molecule has 0 saturated carbocycles. The summed E-state index contributed by atoms with van der Waals surface area (Å²) in [7, 11) is 0. The van der Waals surface area contributed by atoms with E-state index in [-0.39, 0.29) is 33.4 Å². The molecule has 2 rings (SSSR count). The Balaban J connectivity index is 2.07. The van der Waals surface area contributed by atoms with Crippen molar-refractivity contribution in [3.63, 3.8) is 0 Å². The van der Waals surface area contributed by atoms with Gasteiger partial charge in [-0.15, -0.1) is 0 Å². The molecule has 0 aliphatic carbocycles. The van der Waals surface area contributed by atoms with Crippen LogP contribution in [-0.2, 0) is 6.54 Å². The fourth-order valence-corrected chi connectivity index (χ4v) is 1.43. The van der Waals surface area contributed by atoms with Crippen molar-refractivity contribution in [2.24, 2.45) is 0 Å². The second-order valence-electron chi connectivity index (χ2n) is 3.65. The largest absolute Gasteiger partial charge is 0.370 e. The van der Waals surface area contributed by atoms with Gasteiger partial charge in [0.15, 0.2) is 6.23 Å². The van der Waals surface area contributed by atoms with E-state index >= 15 is 0 Å². The van der Waals surface area contributed by atoms with Crippen molar-refractivity contribution in [3.8, 4) is 0 Å². The summed E-state index contributed by atoms with van der Waals surface area (Å²) < 4.78 is 8.67. The Hall–Kier alpha value is -2.20. The first-order chi connectivity index (χ1) is 8.50. The SMILES string of the molecule is Cc1no[n+]([O-])c1CNC(O)c1c(C)no[n+]1[O-]. The highest BCUT2D eigenvalue weighted by molar-refractivity contribution is 5.05. The number of rotatable bonds is 4. The third-order valence-electron chi connectivity index (χ3n) is 2.43. The molecule has 0 saturated heterocycles. The zero-order valence-electron chi connectivity index (χ0n) is 9.65. The van der Waals surface area contributed by atoms with Crippen molar-refractivity contribution >= 4 is 0 Å². The van der Waals surface area contributed by atoms with Gasteiger partial charge in [0.05, 0.1) is 6.54 Å². The smallest absolute Gasteiger partial charge is 0.241 e. The maximum absolute atomic E-state index is 11.2. The molecule has 98 valence electrons. The summed E-state index contributed by atoms with van der Waals surface area (Å²) in [4.78, 5) is 0.319. The van der Waals surface area contributed by atoms with E-state index in [1.165, 1.54) is 6.92 Å². The number of aliphatic hydroxyl groups is 1. The van der Waals surface area contributed by atoms with Crippen molar-refractivity contribution in [3.05, 3.63) is 33.2 Å². The van der Waals surface area contributed by atoms with Crippen molar-refractivity contribution < 1.29 is 24.2 Å². The van der Waals surface area contributed by atoms with E-state index in [2.05, 4.69) is 24.9 Å². The van der Waals surface area contributed by atoms with Crippen LogP contribution >= 0.6 is 0 Å². The lowest BCUT2D eigenvalue weighted by atomic mass is 10.3. The Labute approximate surface area is 100 Å². The minimum Gasteiger partial charge on any atom is -0.370 e. The van der Waals surface area contributed by atoms with Crippen LogP contribution in [0.2, 0.25) is 0 Å². The van der Waals surface area contributed by atoms with E-state index in [1.54, 1.807) is 6.92 Å². The molecule has 0 aliphatic rings. The minimum absolute atomic E-state index is 0.0232. The van der Waals surface area contributed by atoms with Gasteiger partial charge in [-0.3, -0.25) is 14.6 Å². The topological polar surface area (TPSA) is 138 Å². The maximum atomic E-state index is 11.2. The maximum Gasteiger partial charge on any atom is 0.241 e. The molecule has 2 N–H and O–H groups in total. The number of hydrogen-bond acceptors (Lipinski definition) is 8. The average molecular weight is 257 g/mol. The molecule has 0 amide bonds. The number of aromatic nitrogens is 4. The number of hydrogen-bond donors (Lipinski definition) is 2. The minimum atomic E-state index is -1.32. The molecule has 0 aliphatic heterocycles. The number of nitrogens with one attached hydrogen (secondary N) is 1. The summed E-state index contributed by atoms with van der Waals surface area (Å²) in [6.45, 7) is 3.07. The van der Waals surface area contributed by atoms with E-state index in [0.717, 1.165) is 0 Å². The van der Waals surface area contributed by atoms with Crippen molar-refractivity contribution in [2.75, 3.05) is 0 Å². The van der Waals surface area contributed by atoms with Gasteiger partial charge in [0, 0.05) is 24.2 Å². The van der Waals surface area contributed by atoms with Crippen LogP contribution in [0.3, 0.4) is 0 Å². The summed E-state index contributed by atoms with van der Waals surface area (Å²) in [6.07, 6.45) is -1.32. The second-order valence-corrected chi connectivity index (χ2v) is 3.65. The molecule has 18 heavy (non-hydrogen) atoms. The van der Waals surface area contributed by atoms with Gasteiger partial charge in [0.25, 0.3) is 0 Å². The van der Waals surface area contributed by atoms with E-state index in [4.69, 9.17) is 0 Å². The third-order valence-corrected chi connectivity index (χ3v) is 2.43. The summed E-state index contributed by atoms with van der Waals surface area (Å²) in [6, 6.07) is 0. The second kappa shape index (κ2) is 4.58. The average Bonchev–Trinajstić information content (AvgIpc) is 2.81. The monoisotopic (exact) mass is 257 g/mol. The van der Waals surface area contributed by atoms with E-state index < -0.39 is 6.23 Å². The van der Waals surface area contributed by atoms with Crippen LogP contribution in [-0.4, -0.2) is 15.4 Å². The Morgan fingerprint density at radius 1 is 1.22 bits per heavy atom. The van der Waals surface area contributed by atoms with Crippen molar-refractivity contribution in [1.29, 1.82) is 0 Å². The summed E-state index contributed by atoms with van der Waals surface area (Å²) >= 11 is 0. The zero-order valence-corrected chi connectivity index (χ0v) is 9.65. The molecular formula is C8H11N5O5. The quantitative estimate of drug-likeness (QED) is 0.489. The van der Waals surface area contributed by atoms with Crippen LogP contribution in [0.1, 0.15) is 29.0 Å². The number of nitrogens with zero attached hydrogens (tertiary/aromatic N) is 4. The molecule has 0 spiro atoms. The molecule has 1 atom stereocenters. The Morgan fingerprint density at radius 3 is 2.33 bits per heavy atom. The summed E-state index contributed by atoms with van der Waals surface area (Å²) in [5.41, 5.74) is 0.783. The van der Waals surface area contributed by atoms with Crippen molar-refractivity contribution in [2.45, 2.75) is 26.6 Å². The third kappa shape index (κ3) is 2.10. The van der Waals surface area contributed by atoms with Gasteiger partial charge >= 0.3 is 0 Å². The highest BCUT2D eigenvalue weighted by Crippen LogP contribution is 2.09. The molecule has 2 heterocycles. The Kier molecular flexibility index (Phi) is 3.12. The molecule has 1 unspecified atom stereocenters. The van der Waals surface area contributed by atoms with Crippen LogP contribution in [0.25, 0.3) is 0 Å². The van der Waals surface area contributed by atoms with Crippen LogP contribution in [0.15, 0.2) is 9.26 Å². The van der Waals surface area contributed by atoms with Crippen LogP contribution in [0.5, 0.6) is 0 Å². The molecule has 0 fully saturated rings. The summed E-state index contributed by atoms with van der Waals surface area (Å²) in [5, 5.41) is 41.5. The highest BCUT2D eigenvalue weighted by atomic mass is 16.8. The molecule has 10 nitrogen and oxygen atoms in total. The van der Waals surface area contributed by atoms with Crippen LogP contribution in [0, 0.1) is 24.3 Å². The fraction of sp³-hybridized carbons (Fsp3) is 0.500. The fourth-order valence-electron chi connectivity index (χ4n) is 1.43.